The highest BCUT2D eigenvalue weighted by atomic mass is 16.4. The molecule has 0 radical (unpaired) electrons. The third-order valence-electron chi connectivity index (χ3n) is 6.60. The van der Waals surface area contributed by atoms with Crippen LogP contribution in [0.4, 0.5) is 0 Å². The molecule has 1 aliphatic heterocycles. The Kier molecular flexibility index (Phi) is 34.8. The third-order valence-corrected chi connectivity index (χ3v) is 6.60. The molecular formula is C39H73N5O2. The number of aromatic nitrogens is 2. The first-order chi connectivity index (χ1) is 22.2. The molecule has 266 valence electrons. The molecular weight excluding hydrogens is 570 g/mol. The van der Waals surface area contributed by atoms with E-state index in [2.05, 4.69) is 104 Å². The first kappa shape index (κ1) is 47.6. The molecule has 0 unspecified atom stereocenters. The number of aldehydes is 1. The molecule has 0 atom stereocenters. The van der Waals surface area contributed by atoms with Crippen molar-refractivity contribution in [3.8, 4) is 0 Å². The number of rotatable bonds is 12. The smallest absolute Gasteiger partial charge is 0.162 e. The lowest BCUT2D eigenvalue weighted by Gasteiger charge is -2.24. The van der Waals surface area contributed by atoms with Crippen LogP contribution in [0.15, 0.2) is 52.3 Å². The number of carbonyl (C=O) groups is 1. The SMILES string of the molecule is CC.CC.CC1=CCC=C(C)C=C1.CC=O.CCCCCN(CCCC)C1=CCC=c2nc(C)n(CCCN(C)C)c2=N1.COC. The highest BCUT2D eigenvalue weighted by Crippen LogP contribution is 2.13. The lowest BCUT2D eigenvalue weighted by molar-refractivity contribution is -0.106. The van der Waals surface area contributed by atoms with Gasteiger partial charge in [-0.25, -0.2) is 9.98 Å². The van der Waals surface area contributed by atoms with Crippen LogP contribution < -0.4 is 10.8 Å². The van der Waals surface area contributed by atoms with Crippen molar-refractivity contribution >= 4 is 12.4 Å². The number of aryl methyl sites for hydroxylation is 1. The summed E-state index contributed by atoms with van der Waals surface area (Å²) in [5, 5.41) is 1.05. The number of fused-ring (bicyclic) bond motifs is 1. The molecule has 0 saturated carbocycles. The number of allylic oxidation sites excluding steroid dienone is 7. The first-order valence-electron chi connectivity index (χ1n) is 17.7. The third kappa shape index (κ3) is 23.6. The zero-order valence-electron chi connectivity index (χ0n) is 32.6. The summed E-state index contributed by atoms with van der Waals surface area (Å²) in [6.45, 7) is 24.6. The van der Waals surface area contributed by atoms with Crippen molar-refractivity contribution in [3.05, 3.63) is 64.0 Å². The maximum Gasteiger partial charge on any atom is 0.162 e. The fourth-order valence-corrected chi connectivity index (χ4v) is 4.35. The Hall–Kier alpha value is -2.77. The monoisotopic (exact) mass is 644 g/mol. The van der Waals surface area contributed by atoms with E-state index < -0.39 is 0 Å². The maximum atomic E-state index is 8.81. The van der Waals surface area contributed by atoms with Gasteiger partial charge in [-0.1, -0.05) is 102 Å². The number of methoxy groups -OCH3 is 1. The summed E-state index contributed by atoms with van der Waals surface area (Å²) in [5.41, 5.74) is 3.78. The maximum absolute atomic E-state index is 8.81. The predicted molar refractivity (Wildman–Crippen MR) is 203 cm³/mol. The fraction of sp³-hybridized carbons (Fsp3) is 0.667. The van der Waals surface area contributed by atoms with E-state index in [-0.39, 0.29) is 0 Å². The van der Waals surface area contributed by atoms with Gasteiger partial charge in [0.15, 0.2) is 5.49 Å². The van der Waals surface area contributed by atoms with E-state index in [0.717, 1.165) is 74.2 Å². The number of nitrogens with zero attached hydrogens (tertiary/aromatic N) is 5. The van der Waals surface area contributed by atoms with Crippen LogP contribution in [0.25, 0.3) is 6.08 Å². The molecule has 1 aliphatic carbocycles. The molecule has 1 aromatic rings. The molecule has 46 heavy (non-hydrogen) atoms. The molecule has 0 saturated heterocycles. The fourth-order valence-electron chi connectivity index (χ4n) is 4.35. The Bertz CT molecular complexity index is 1090. The molecule has 0 aromatic carbocycles. The summed E-state index contributed by atoms with van der Waals surface area (Å²) < 4.78 is 6.55. The van der Waals surface area contributed by atoms with Gasteiger partial charge in [-0.05, 0) is 86.5 Å². The standard InChI is InChI=1S/C22H39N5.C9H12.C2H6O.C2H4O.2C2H6/c1-6-8-10-17-26(16-9-7-2)21-14-11-13-20-22(24-21)27(19(3)23-20)18-12-15-25(4)5;1-8-4-3-5-9(2)7-6-8;1-3-2;1-2-3;2*1-2/h13-14H,6-12,15-18H2,1-5H3;4-7H,3H2,1-2H3;1-2H3;2H,1H3;2*1-2H3. The highest BCUT2D eigenvalue weighted by Gasteiger charge is 2.13. The summed E-state index contributed by atoms with van der Waals surface area (Å²) in [4.78, 5) is 23.5. The second kappa shape index (κ2) is 33.6. The number of imidazole rings is 1. The minimum Gasteiger partial charge on any atom is -0.388 e. The summed E-state index contributed by atoms with van der Waals surface area (Å²) in [6, 6.07) is 0. The molecule has 0 bridgehead atoms. The molecule has 7 heteroatoms. The lowest BCUT2D eigenvalue weighted by atomic mass is 10.2. The lowest BCUT2D eigenvalue weighted by Crippen LogP contribution is -2.33. The molecule has 2 heterocycles. The molecule has 0 spiro atoms. The van der Waals surface area contributed by atoms with Gasteiger partial charge in [0.2, 0.25) is 0 Å². The molecule has 0 amide bonds. The van der Waals surface area contributed by atoms with Gasteiger partial charge in [-0.3, -0.25) is 0 Å². The number of hydrogen-bond acceptors (Lipinski definition) is 6. The van der Waals surface area contributed by atoms with Gasteiger partial charge in [0, 0.05) is 33.9 Å². The van der Waals surface area contributed by atoms with Gasteiger partial charge in [0.25, 0.3) is 0 Å². The van der Waals surface area contributed by atoms with Crippen LogP contribution >= 0.6 is 0 Å². The van der Waals surface area contributed by atoms with Gasteiger partial charge in [0.05, 0.1) is 0 Å². The van der Waals surface area contributed by atoms with E-state index >= 15 is 0 Å². The number of ether oxygens (including phenoxy) is 1. The van der Waals surface area contributed by atoms with Crippen LogP contribution in [0.3, 0.4) is 0 Å². The van der Waals surface area contributed by atoms with Crippen molar-refractivity contribution in [3.63, 3.8) is 0 Å². The molecule has 0 N–H and O–H groups in total. The Morgan fingerprint density at radius 2 is 1.30 bits per heavy atom. The van der Waals surface area contributed by atoms with E-state index in [1.807, 2.05) is 27.7 Å². The van der Waals surface area contributed by atoms with Gasteiger partial charge < -0.3 is 23.9 Å². The number of carbonyl (C=O) groups excluding carboxylic acids is 1. The van der Waals surface area contributed by atoms with E-state index in [0.29, 0.717) is 0 Å². The van der Waals surface area contributed by atoms with E-state index in [1.165, 1.54) is 50.2 Å². The van der Waals surface area contributed by atoms with Gasteiger partial charge in [0.1, 0.15) is 23.3 Å². The highest BCUT2D eigenvalue weighted by molar-refractivity contribution is 5.44. The second-order valence-corrected chi connectivity index (χ2v) is 10.9. The molecule has 3 rings (SSSR count). The quantitative estimate of drug-likeness (QED) is 0.169. The first-order valence-corrected chi connectivity index (χ1v) is 17.7. The largest absolute Gasteiger partial charge is 0.388 e. The van der Waals surface area contributed by atoms with Gasteiger partial charge in [-0.2, -0.15) is 0 Å². The summed E-state index contributed by atoms with van der Waals surface area (Å²) >= 11 is 0. The normalized spacial score (nSPS) is 12.5. The number of unbranched alkanes of at least 4 members (excludes halogenated alkanes) is 3. The van der Waals surface area contributed by atoms with E-state index in [9.17, 15) is 0 Å². The van der Waals surface area contributed by atoms with Crippen LogP contribution in [0.5, 0.6) is 0 Å². The molecule has 1 aromatic heterocycles. The summed E-state index contributed by atoms with van der Waals surface area (Å²) in [6.07, 6.45) is 23.4. The zero-order chi connectivity index (χ0) is 35.8. The van der Waals surface area contributed by atoms with Crippen molar-refractivity contribution in [2.75, 3.05) is 47.9 Å². The van der Waals surface area contributed by atoms with E-state index in [4.69, 9.17) is 14.8 Å². The topological polar surface area (TPSA) is 63.0 Å². The Balaban J connectivity index is -0.000000798. The summed E-state index contributed by atoms with van der Waals surface area (Å²) in [7, 11) is 7.50. The van der Waals surface area contributed by atoms with Crippen LogP contribution in [0.1, 0.15) is 120 Å². The Morgan fingerprint density at radius 1 is 0.804 bits per heavy atom. The molecule has 7 nitrogen and oxygen atoms in total. The van der Waals surface area contributed by atoms with Crippen molar-refractivity contribution < 1.29 is 9.53 Å². The molecule has 2 aliphatic rings. The molecule has 0 fully saturated rings. The Labute approximate surface area is 284 Å². The van der Waals surface area contributed by atoms with Crippen molar-refractivity contribution in [1.29, 1.82) is 0 Å². The summed E-state index contributed by atoms with van der Waals surface area (Å²) in [5.74, 6) is 2.22. The van der Waals surface area contributed by atoms with Crippen molar-refractivity contribution in [1.82, 2.24) is 19.4 Å². The van der Waals surface area contributed by atoms with Gasteiger partial charge >= 0.3 is 0 Å². The minimum atomic E-state index is 0.750. The van der Waals surface area contributed by atoms with Crippen LogP contribution in [0.2, 0.25) is 0 Å². The minimum absolute atomic E-state index is 0.750. The van der Waals surface area contributed by atoms with Gasteiger partial charge in [-0.15, -0.1) is 0 Å². The van der Waals surface area contributed by atoms with Crippen LogP contribution in [0, 0.1) is 6.92 Å². The van der Waals surface area contributed by atoms with E-state index in [1.54, 1.807) is 14.2 Å². The van der Waals surface area contributed by atoms with Crippen molar-refractivity contribution in [2.45, 2.75) is 127 Å². The Morgan fingerprint density at radius 3 is 1.80 bits per heavy atom. The van der Waals surface area contributed by atoms with Crippen LogP contribution in [-0.4, -0.2) is 73.6 Å². The van der Waals surface area contributed by atoms with Crippen LogP contribution in [-0.2, 0) is 16.1 Å². The zero-order valence-corrected chi connectivity index (χ0v) is 32.6. The average molecular weight is 644 g/mol. The second-order valence-electron chi connectivity index (χ2n) is 10.9. The number of hydrogen-bond donors (Lipinski definition) is 0. The average Bonchev–Trinajstić information content (AvgIpc) is 3.17. The van der Waals surface area contributed by atoms with Crippen molar-refractivity contribution in [2.24, 2.45) is 4.99 Å². The predicted octanol–water partition coefficient (Wildman–Crippen LogP) is 8.44.